The molecule has 6 heteroatoms. The molecule has 1 aliphatic rings. The monoisotopic (exact) mass is 231 g/mol. The van der Waals surface area contributed by atoms with E-state index in [4.69, 9.17) is 11.6 Å². The lowest BCUT2D eigenvalue weighted by Crippen LogP contribution is -2.28. The second-order valence-electron chi connectivity index (χ2n) is 3.32. The summed E-state index contributed by atoms with van der Waals surface area (Å²) in [5.41, 5.74) is 0.707. The molecule has 1 saturated heterocycles. The van der Waals surface area contributed by atoms with Crippen molar-refractivity contribution in [2.45, 2.75) is 18.7 Å². The van der Waals surface area contributed by atoms with Crippen molar-refractivity contribution in [3.05, 3.63) is 10.6 Å². The van der Waals surface area contributed by atoms with Gasteiger partial charge in [-0.3, -0.25) is 4.79 Å². The van der Waals surface area contributed by atoms with Gasteiger partial charge in [0.15, 0.2) is 0 Å². The van der Waals surface area contributed by atoms with Crippen LogP contribution in [-0.4, -0.2) is 38.9 Å². The SMILES string of the molecule is Cc1nnsc1C(=O)N1CCC(Cl)C1. The van der Waals surface area contributed by atoms with Gasteiger partial charge in [0.25, 0.3) is 5.91 Å². The summed E-state index contributed by atoms with van der Waals surface area (Å²) in [6.07, 6.45) is 0.874. The summed E-state index contributed by atoms with van der Waals surface area (Å²) in [7, 11) is 0. The molecule has 0 spiro atoms. The number of alkyl halides is 1. The fourth-order valence-corrected chi connectivity index (χ4v) is 2.36. The van der Waals surface area contributed by atoms with E-state index in [2.05, 4.69) is 9.59 Å². The molecule has 1 fully saturated rings. The van der Waals surface area contributed by atoms with Gasteiger partial charge in [0, 0.05) is 13.1 Å². The highest BCUT2D eigenvalue weighted by Gasteiger charge is 2.27. The van der Waals surface area contributed by atoms with Gasteiger partial charge in [0.2, 0.25) is 0 Å². The normalized spacial score (nSPS) is 21.6. The predicted octanol–water partition coefficient (Wildman–Crippen LogP) is 1.30. The van der Waals surface area contributed by atoms with E-state index in [1.165, 1.54) is 0 Å². The summed E-state index contributed by atoms with van der Waals surface area (Å²) >= 11 is 7.08. The van der Waals surface area contributed by atoms with Crippen molar-refractivity contribution in [2.24, 2.45) is 0 Å². The Kier molecular flexibility index (Phi) is 2.69. The Hall–Kier alpha value is -0.680. The first-order valence-corrected chi connectivity index (χ1v) is 5.62. The number of nitrogens with zero attached hydrogens (tertiary/aromatic N) is 3. The van der Waals surface area contributed by atoms with Gasteiger partial charge in [-0.1, -0.05) is 4.49 Å². The third kappa shape index (κ3) is 1.74. The van der Waals surface area contributed by atoms with Crippen molar-refractivity contribution >= 4 is 29.0 Å². The molecule has 1 atom stereocenters. The highest BCUT2D eigenvalue weighted by atomic mass is 35.5. The largest absolute Gasteiger partial charge is 0.336 e. The smallest absolute Gasteiger partial charge is 0.267 e. The average molecular weight is 232 g/mol. The van der Waals surface area contributed by atoms with Crippen LogP contribution >= 0.6 is 23.1 Å². The predicted molar refractivity (Wildman–Crippen MR) is 54.8 cm³/mol. The molecule has 0 aliphatic carbocycles. The maximum Gasteiger partial charge on any atom is 0.267 e. The molecule has 0 saturated carbocycles. The lowest BCUT2D eigenvalue weighted by Gasteiger charge is -2.13. The number of aromatic nitrogens is 2. The number of likely N-dealkylation sites (tertiary alicyclic amines) is 1. The minimum atomic E-state index is 0.0145. The molecule has 1 aromatic rings. The first-order valence-electron chi connectivity index (χ1n) is 4.41. The van der Waals surface area contributed by atoms with Crippen LogP contribution in [0.1, 0.15) is 21.8 Å². The zero-order valence-electron chi connectivity index (χ0n) is 7.73. The third-order valence-corrected chi connectivity index (χ3v) is 3.44. The van der Waals surface area contributed by atoms with Crippen molar-refractivity contribution in [2.75, 3.05) is 13.1 Å². The molecule has 1 amide bonds. The topological polar surface area (TPSA) is 46.1 Å². The van der Waals surface area contributed by atoms with Gasteiger partial charge in [-0.05, 0) is 24.9 Å². The van der Waals surface area contributed by atoms with Gasteiger partial charge < -0.3 is 4.90 Å². The first-order chi connectivity index (χ1) is 6.68. The quantitative estimate of drug-likeness (QED) is 0.685. The van der Waals surface area contributed by atoms with E-state index in [-0.39, 0.29) is 11.3 Å². The van der Waals surface area contributed by atoms with Crippen molar-refractivity contribution < 1.29 is 4.79 Å². The van der Waals surface area contributed by atoms with Crippen LogP contribution in [0.3, 0.4) is 0 Å². The van der Waals surface area contributed by atoms with Gasteiger partial charge in [0.1, 0.15) is 4.88 Å². The molecule has 0 radical (unpaired) electrons. The average Bonchev–Trinajstić information content (AvgIpc) is 2.73. The van der Waals surface area contributed by atoms with Crippen LogP contribution in [0, 0.1) is 6.92 Å². The van der Waals surface area contributed by atoms with E-state index >= 15 is 0 Å². The number of aryl methyl sites for hydroxylation is 1. The molecule has 4 nitrogen and oxygen atoms in total. The minimum Gasteiger partial charge on any atom is -0.336 e. The Morgan fingerprint density at radius 1 is 1.71 bits per heavy atom. The Morgan fingerprint density at radius 3 is 3.00 bits per heavy atom. The molecule has 0 N–H and O–H groups in total. The molecule has 1 aliphatic heterocycles. The van der Waals surface area contributed by atoms with Gasteiger partial charge in [-0.25, -0.2) is 0 Å². The second kappa shape index (κ2) is 3.82. The van der Waals surface area contributed by atoms with E-state index in [0.717, 1.165) is 24.5 Å². The number of hydrogen-bond acceptors (Lipinski definition) is 4. The molecule has 76 valence electrons. The Morgan fingerprint density at radius 2 is 2.50 bits per heavy atom. The summed E-state index contributed by atoms with van der Waals surface area (Å²) < 4.78 is 3.74. The molecule has 0 bridgehead atoms. The number of hydrogen-bond donors (Lipinski definition) is 0. The molecule has 1 unspecified atom stereocenters. The number of carbonyl (C=O) groups is 1. The summed E-state index contributed by atoms with van der Waals surface area (Å²) in [4.78, 5) is 14.3. The standard InChI is InChI=1S/C8H10ClN3OS/c1-5-7(14-11-10-5)8(13)12-3-2-6(9)4-12/h6H,2-4H2,1H3. The van der Waals surface area contributed by atoms with E-state index in [9.17, 15) is 4.79 Å². The van der Waals surface area contributed by atoms with Gasteiger partial charge in [0.05, 0.1) is 11.1 Å². The first kappa shape index (κ1) is 9.86. The Balaban J connectivity index is 2.13. The zero-order chi connectivity index (χ0) is 10.1. The van der Waals surface area contributed by atoms with Crippen LogP contribution < -0.4 is 0 Å². The maximum absolute atomic E-state index is 11.9. The van der Waals surface area contributed by atoms with E-state index in [0.29, 0.717) is 17.1 Å². The van der Waals surface area contributed by atoms with Crippen LogP contribution in [0.4, 0.5) is 0 Å². The lowest BCUT2D eigenvalue weighted by molar-refractivity contribution is 0.0797. The van der Waals surface area contributed by atoms with Crippen LogP contribution in [0.5, 0.6) is 0 Å². The van der Waals surface area contributed by atoms with Gasteiger partial charge in [-0.15, -0.1) is 16.7 Å². The summed E-state index contributed by atoms with van der Waals surface area (Å²) in [6.45, 7) is 3.17. The maximum atomic E-state index is 11.9. The molecule has 0 aromatic carbocycles. The Labute approximate surface area is 91.0 Å². The van der Waals surface area contributed by atoms with Gasteiger partial charge >= 0.3 is 0 Å². The van der Waals surface area contributed by atoms with Crippen molar-refractivity contribution in [3.63, 3.8) is 0 Å². The van der Waals surface area contributed by atoms with Crippen molar-refractivity contribution in [1.82, 2.24) is 14.5 Å². The van der Waals surface area contributed by atoms with E-state index in [1.807, 2.05) is 0 Å². The highest BCUT2D eigenvalue weighted by Crippen LogP contribution is 2.19. The van der Waals surface area contributed by atoms with Crippen LogP contribution in [-0.2, 0) is 0 Å². The molecule has 14 heavy (non-hydrogen) atoms. The summed E-state index contributed by atoms with van der Waals surface area (Å²) in [5.74, 6) is 0.0145. The van der Waals surface area contributed by atoms with Crippen LogP contribution in [0.15, 0.2) is 0 Å². The van der Waals surface area contributed by atoms with Gasteiger partial charge in [-0.2, -0.15) is 0 Å². The third-order valence-electron chi connectivity index (χ3n) is 2.26. The van der Waals surface area contributed by atoms with Crippen molar-refractivity contribution in [3.8, 4) is 0 Å². The number of rotatable bonds is 1. The van der Waals surface area contributed by atoms with Crippen LogP contribution in [0.25, 0.3) is 0 Å². The molecular formula is C8H10ClN3OS. The van der Waals surface area contributed by atoms with E-state index < -0.39 is 0 Å². The highest BCUT2D eigenvalue weighted by molar-refractivity contribution is 7.07. The molecule has 2 heterocycles. The second-order valence-corrected chi connectivity index (χ2v) is 4.70. The molecule has 2 rings (SSSR count). The number of carbonyl (C=O) groups excluding carboxylic acids is 1. The zero-order valence-corrected chi connectivity index (χ0v) is 9.31. The number of amides is 1. The minimum absolute atomic E-state index is 0.0145. The molecule has 1 aromatic heterocycles. The summed E-state index contributed by atoms with van der Waals surface area (Å²) in [6, 6.07) is 0. The van der Waals surface area contributed by atoms with Crippen LogP contribution in [0.2, 0.25) is 0 Å². The van der Waals surface area contributed by atoms with E-state index in [1.54, 1.807) is 11.8 Å². The molecular weight excluding hydrogens is 222 g/mol. The summed E-state index contributed by atoms with van der Waals surface area (Å²) in [5, 5.41) is 3.91. The fraction of sp³-hybridized carbons (Fsp3) is 0.625. The number of halogens is 1. The fourth-order valence-electron chi connectivity index (χ4n) is 1.47. The Bertz CT molecular complexity index is 354. The lowest BCUT2D eigenvalue weighted by atomic mass is 10.3. The van der Waals surface area contributed by atoms with Crippen molar-refractivity contribution in [1.29, 1.82) is 0 Å².